The Hall–Kier alpha value is -2.76. The van der Waals surface area contributed by atoms with E-state index in [0.29, 0.717) is 22.7 Å². The van der Waals surface area contributed by atoms with Gasteiger partial charge in [-0.3, -0.25) is 15.1 Å². The highest BCUT2D eigenvalue weighted by atomic mass is 16.6. The molecule has 0 unspecified atom stereocenters. The second-order valence-corrected chi connectivity index (χ2v) is 5.16. The lowest BCUT2D eigenvalue weighted by Gasteiger charge is -2.29. The Labute approximate surface area is 121 Å². The lowest BCUT2D eigenvalue weighted by Crippen LogP contribution is -2.32. The van der Waals surface area contributed by atoms with Crippen LogP contribution in [-0.4, -0.2) is 21.3 Å². The van der Waals surface area contributed by atoms with Crippen LogP contribution >= 0.6 is 0 Å². The molecule has 0 spiro atoms. The summed E-state index contributed by atoms with van der Waals surface area (Å²) in [7, 11) is 0. The first-order valence-electron chi connectivity index (χ1n) is 6.45. The van der Waals surface area contributed by atoms with Crippen LogP contribution in [0.1, 0.15) is 25.1 Å². The third-order valence-electron chi connectivity index (χ3n) is 3.08. The lowest BCUT2D eigenvalue weighted by atomic mass is 10.0. The van der Waals surface area contributed by atoms with E-state index in [0.717, 1.165) is 0 Å². The Bertz CT molecular complexity index is 739. The van der Waals surface area contributed by atoms with Crippen LogP contribution in [0, 0.1) is 10.1 Å². The van der Waals surface area contributed by atoms with Crippen LogP contribution in [-0.2, 0) is 0 Å². The molecule has 1 aliphatic heterocycles. The minimum atomic E-state index is -0.740. The molecule has 6 nitrogen and oxygen atoms in total. The summed E-state index contributed by atoms with van der Waals surface area (Å²) < 4.78 is 5.77. The molecular formula is C15H13N3O3. The van der Waals surface area contributed by atoms with Crippen molar-refractivity contribution < 1.29 is 9.66 Å². The van der Waals surface area contributed by atoms with Crippen molar-refractivity contribution in [1.29, 1.82) is 0 Å². The Morgan fingerprint density at radius 2 is 2.05 bits per heavy atom. The fraction of sp³-hybridized carbons (Fsp3) is 0.200. The predicted molar refractivity (Wildman–Crippen MR) is 77.7 cm³/mol. The minimum Gasteiger partial charge on any atom is -0.466 e. The largest absolute Gasteiger partial charge is 0.466 e. The SMILES string of the molecule is CC1(C)N=C(c2ccccn2)c2cc([N+](=O)[O-])ccc2O1. The molecule has 0 saturated carbocycles. The molecular weight excluding hydrogens is 270 g/mol. The highest BCUT2D eigenvalue weighted by Gasteiger charge is 2.30. The highest BCUT2D eigenvalue weighted by Crippen LogP contribution is 2.34. The number of fused-ring (bicyclic) bond motifs is 1. The van der Waals surface area contributed by atoms with E-state index in [1.54, 1.807) is 12.3 Å². The second kappa shape index (κ2) is 4.66. The molecule has 1 aromatic heterocycles. The van der Waals surface area contributed by atoms with Crippen molar-refractivity contribution in [3.05, 3.63) is 64.0 Å². The van der Waals surface area contributed by atoms with Gasteiger partial charge in [0.05, 0.1) is 21.9 Å². The van der Waals surface area contributed by atoms with Crippen LogP contribution in [0.4, 0.5) is 5.69 Å². The van der Waals surface area contributed by atoms with Gasteiger partial charge in [-0.15, -0.1) is 0 Å². The van der Waals surface area contributed by atoms with E-state index in [4.69, 9.17) is 4.74 Å². The van der Waals surface area contributed by atoms with Crippen LogP contribution in [0.15, 0.2) is 47.6 Å². The van der Waals surface area contributed by atoms with Gasteiger partial charge in [-0.25, -0.2) is 4.99 Å². The molecule has 2 heterocycles. The van der Waals surface area contributed by atoms with Crippen molar-refractivity contribution in [3.8, 4) is 5.75 Å². The van der Waals surface area contributed by atoms with Crippen molar-refractivity contribution in [3.63, 3.8) is 0 Å². The molecule has 2 aromatic rings. The summed E-state index contributed by atoms with van der Waals surface area (Å²) in [5.41, 5.74) is 1.11. The van der Waals surface area contributed by atoms with Gasteiger partial charge in [-0.2, -0.15) is 0 Å². The Kier molecular flexibility index (Phi) is 2.94. The first-order valence-corrected chi connectivity index (χ1v) is 6.45. The van der Waals surface area contributed by atoms with Gasteiger partial charge in [0.15, 0.2) is 5.72 Å². The highest BCUT2D eigenvalue weighted by molar-refractivity contribution is 6.14. The zero-order valence-corrected chi connectivity index (χ0v) is 11.6. The van der Waals surface area contributed by atoms with Crippen molar-refractivity contribution in [2.24, 2.45) is 4.99 Å². The predicted octanol–water partition coefficient (Wildman–Crippen LogP) is 2.96. The van der Waals surface area contributed by atoms with E-state index < -0.39 is 10.6 Å². The summed E-state index contributed by atoms with van der Waals surface area (Å²) in [4.78, 5) is 19.4. The van der Waals surface area contributed by atoms with Crippen LogP contribution in [0.2, 0.25) is 0 Å². The number of rotatable bonds is 2. The van der Waals surface area contributed by atoms with Gasteiger partial charge in [0.25, 0.3) is 5.69 Å². The van der Waals surface area contributed by atoms with Crippen LogP contribution in [0.5, 0.6) is 5.75 Å². The molecule has 1 aromatic carbocycles. The number of hydrogen-bond acceptors (Lipinski definition) is 5. The van der Waals surface area contributed by atoms with Crippen LogP contribution < -0.4 is 4.74 Å². The molecule has 0 N–H and O–H groups in total. The lowest BCUT2D eigenvalue weighted by molar-refractivity contribution is -0.384. The molecule has 1 aliphatic rings. The maximum absolute atomic E-state index is 11.0. The van der Waals surface area contributed by atoms with E-state index in [2.05, 4.69) is 9.98 Å². The first kappa shape index (κ1) is 13.2. The molecule has 106 valence electrons. The van der Waals surface area contributed by atoms with E-state index >= 15 is 0 Å². The summed E-state index contributed by atoms with van der Waals surface area (Å²) in [6.45, 7) is 3.67. The van der Waals surface area contributed by atoms with Crippen molar-refractivity contribution >= 4 is 11.4 Å². The van der Waals surface area contributed by atoms with Gasteiger partial charge in [-0.05, 0) is 32.0 Å². The van der Waals surface area contributed by atoms with E-state index in [1.165, 1.54) is 12.1 Å². The third-order valence-corrected chi connectivity index (χ3v) is 3.08. The molecule has 3 rings (SSSR count). The van der Waals surface area contributed by atoms with Gasteiger partial charge >= 0.3 is 0 Å². The van der Waals surface area contributed by atoms with E-state index in [1.807, 2.05) is 32.0 Å². The van der Waals surface area contributed by atoms with Crippen LogP contribution in [0.3, 0.4) is 0 Å². The number of nitro groups is 1. The maximum Gasteiger partial charge on any atom is 0.270 e. The topological polar surface area (TPSA) is 77.6 Å². The monoisotopic (exact) mass is 283 g/mol. The molecule has 0 amide bonds. The molecule has 0 fully saturated rings. The smallest absolute Gasteiger partial charge is 0.270 e. The van der Waals surface area contributed by atoms with Crippen molar-refractivity contribution in [1.82, 2.24) is 4.98 Å². The van der Waals surface area contributed by atoms with Crippen LogP contribution in [0.25, 0.3) is 0 Å². The Morgan fingerprint density at radius 1 is 1.24 bits per heavy atom. The van der Waals surface area contributed by atoms with Gasteiger partial charge in [-0.1, -0.05) is 6.07 Å². The van der Waals surface area contributed by atoms with Gasteiger partial charge in [0.2, 0.25) is 0 Å². The van der Waals surface area contributed by atoms with E-state index in [9.17, 15) is 10.1 Å². The normalized spacial score (nSPS) is 15.6. The van der Waals surface area contributed by atoms with Crippen molar-refractivity contribution in [2.45, 2.75) is 19.6 Å². The zero-order chi connectivity index (χ0) is 15.0. The summed E-state index contributed by atoms with van der Waals surface area (Å²) >= 11 is 0. The molecule has 0 atom stereocenters. The summed E-state index contributed by atoms with van der Waals surface area (Å²) in [5, 5.41) is 11.0. The fourth-order valence-corrected chi connectivity index (χ4v) is 2.23. The first-order chi connectivity index (χ1) is 9.96. The van der Waals surface area contributed by atoms with E-state index in [-0.39, 0.29) is 5.69 Å². The zero-order valence-electron chi connectivity index (χ0n) is 11.6. The standard InChI is InChI=1S/C15H13N3O3/c1-15(2)17-14(12-5-3-4-8-16-12)11-9-10(18(19)20)6-7-13(11)21-15/h3-9H,1-2H3. The average molecular weight is 283 g/mol. The number of pyridine rings is 1. The quantitative estimate of drug-likeness (QED) is 0.627. The number of nitro benzene ring substituents is 1. The number of hydrogen-bond donors (Lipinski definition) is 0. The summed E-state index contributed by atoms with van der Waals surface area (Å²) in [6.07, 6.45) is 1.66. The molecule has 6 heteroatoms. The number of aliphatic imine (C=N–C) groups is 1. The summed E-state index contributed by atoms with van der Waals surface area (Å²) in [5.74, 6) is 0.571. The molecule has 0 radical (unpaired) electrons. The molecule has 21 heavy (non-hydrogen) atoms. The number of nitrogens with zero attached hydrogens (tertiary/aromatic N) is 3. The number of ether oxygens (including phenoxy) is 1. The second-order valence-electron chi connectivity index (χ2n) is 5.16. The maximum atomic E-state index is 11.0. The average Bonchev–Trinajstić information content (AvgIpc) is 2.46. The summed E-state index contributed by atoms with van der Waals surface area (Å²) in [6, 6.07) is 9.98. The molecule has 0 aliphatic carbocycles. The molecule has 0 bridgehead atoms. The van der Waals surface area contributed by atoms with Gasteiger partial charge in [0.1, 0.15) is 5.75 Å². The Morgan fingerprint density at radius 3 is 2.71 bits per heavy atom. The van der Waals surface area contributed by atoms with Gasteiger partial charge in [0, 0.05) is 18.3 Å². The fourth-order valence-electron chi connectivity index (χ4n) is 2.23. The third kappa shape index (κ3) is 2.47. The number of aromatic nitrogens is 1. The minimum absolute atomic E-state index is 0.000636. The number of non-ortho nitro benzene ring substituents is 1. The van der Waals surface area contributed by atoms with Gasteiger partial charge < -0.3 is 4.74 Å². The van der Waals surface area contributed by atoms with Crippen molar-refractivity contribution in [2.75, 3.05) is 0 Å². The Balaban J connectivity index is 2.21. The molecule has 0 saturated heterocycles. The number of benzene rings is 1.